The monoisotopic (exact) mass is 232 g/mol. The predicted octanol–water partition coefficient (Wildman–Crippen LogP) is 1.73. The summed E-state index contributed by atoms with van der Waals surface area (Å²) in [6.07, 6.45) is 0.610. The number of anilines is 2. The summed E-state index contributed by atoms with van der Waals surface area (Å²) >= 11 is 0. The smallest absolute Gasteiger partial charge is 0.322 e. The van der Waals surface area contributed by atoms with Gasteiger partial charge in [0.2, 0.25) is 5.89 Å². The second kappa shape index (κ2) is 5.45. The molecule has 0 atom stereocenters. The zero-order valence-corrected chi connectivity index (χ0v) is 9.84. The Morgan fingerprint density at radius 3 is 2.65 bits per heavy atom. The Morgan fingerprint density at radius 2 is 2.00 bits per heavy atom. The van der Waals surface area contributed by atoms with Crippen molar-refractivity contribution in [3.05, 3.63) is 36.2 Å². The van der Waals surface area contributed by atoms with Crippen LogP contribution in [0.5, 0.6) is 0 Å². The molecule has 0 saturated heterocycles. The molecule has 5 nitrogen and oxygen atoms in total. The van der Waals surface area contributed by atoms with E-state index >= 15 is 0 Å². The van der Waals surface area contributed by atoms with Gasteiger partial charge in [0.15, 0.2) is 0 Å². The lowest BCUT2D eigenvalue weighted by molar-refractivity contribution is 0.496. The standard InChI is InChI=1S/C12H16N4O/c1-2-16(10-6-4-3-5-7-10)12-15-14-11(17-12)8-9-13/h3-7H,2,8-9,13H2,1H3. The second-order valence-corrected chi connectivity index (χ2v) is 3.60. The molecule has 1 aromatic heterocycles. The Labute approximate surface area is 100 Å². The molecular formula is C12H16N4O. The van der Waals surface area contributed by atoms with Crippen LogP contribution in [0.4, 0.5) is 11.7 Å². The molecule has 0 unspecified atom stereocenters. The number of nitrogens with two attached hydrogens (primary N) is 1. The maximum Gasteiger partial charge on any atom is 0.322 e. The molecular weight excluding hydrogens is 216 g/mol. The van der Waals surface area contributed by atoms with E-state index in [1.165, 1.54) is 0 Å². The molecule has 17 heavy (non-hydrogen) atoms. The van der Waals surface area contributed by atoms with Crippen LogP contribution in [0.15, 0.2) is 34.7 Å². The van der Waals surface area contributed by atoms with Gasteiger partial charge in [-0.2, -0.15) is 0 Å². The molecule has 2 rings (SSSR count). The van der Waals surface area contributed by atoms with Crippen LogP contribution in [0.25, 0.3) is 0 Å². The molecule has 0 aliphatic carbocycles. The summed E-state index contributed by atoms with van der Waals surface area (Å²) in [6, 6.07) is 10.5. The van der Waals surface area contributed by atoms with Gasteiger partial charge >= 0.3 is 6.01 Å². The summed E-state index contributed by atoms with van der Waals surface area (Å²) in [5.41, 5.74) is 6.49. The Kier molecular flexibility index (Phi) is 3.72. The van der Waals surface area contributed by atoms with Crippen LogP contribution in [0.3, 0.4) is 0 Å². The molecule has 2 aromatic rings. The first-order chi connectivity index (χ1) is 8.35. The van der Waals surface area contributed by atoms with Crippen LogP contribution in [0.1, 0.15) is 12.8 Å². The highest BCUT2D eigenvalue weighted by molar-refractivity contribution is 5.55. The number of nitrogens with zero attached hydrogens (tertiary/aromatic N) is 3. The van der Waals surface area contributed by atoms with Crippen LogP contribution in [0, 0.1) is 0 Å². The van der Waals surface area contributed by atoms with Crippen molar-refractivity contribution in [2.24, 2.45) is 5.73 Å². The topological polar surface area (TPSA) is 68.2 Å². The third kappa shape index (κ3) is 2.62. The van der Waals surface area contributed by atoms with E-state index in [0.29, 0.717) is 24.9 Å². The molecule has 0 amide bonds. The van der Waals surface area contributed by atoms with Crippen molar-refractivity contribution in [2.45, 2.75) is 13.3 Å². The highest BCUT2D eigenvalue weighted by Gasteiger charge is 2.13. The van der Waals surface area contributed by atoms with E-state index in [1.54, 1.807) is 0 Å². The number of hydrogen-bond donors (Lipinski definition) is 1. The average molecular weight is 232 g/mol. The van der Waals surface area contributed by atoms with E-state index in [9.17, 15) is 0 Å². The maximum absolute atomic E-state index is 5.56. The van der Waals surface area contributed by atoms with Crippen molar-refractivity contribution in [1.29, 1.82) is 0 Å². The van der Waals surface area contributed by atoms with Gasteiger partial charge in [0.1, 0.15) is 0 Å². The lowest BCUT2D eigenvalue weighted by Crippen LogP contribution is -2.16. The Morgan fingerprint density at radius 1 is 1.24 bits per heavy atom. The Balaban J connectivity index is 2.23. The van der Waals surface area contributed by atoms with E-state index in [2.05, 4.69) is 10.2 Å². The minimum absolute atomic E-state index is 0.513. The van der Waals surface area contributed by atoms with Crippen molar-refractivity contribution in [1.82, 2.24) is 10.2 Å². The van der Waals surface area contributed by atoms with Crippen LogP contribution >= 0.6 is 0 Å². The molecule has 1 aromatic carbocycles. The fourth-order valence-electron chi connectivity index (χ4n) is 1.61. The summed E-state index contributed by atoms with van der Waals surface area (Å²) in [5, 5.41) is 8.00. The van der Waals surface area contributed by atoms with Crippen LogP contribution < -0.4 is 10.6 Å². The quantitative estimate of drug-likeness (QED) is 0.850. The van der Waals surface area contributed by atoms with Gasteiger partial charge < -0.3 is 10.2 Å². The summed E-state index contributed by atoms with van der Waals surface area (Å²) < 4.78 is 5.56. The van der Waals surface area contributed by atoms with Gasteiger partial charge in [-0.05, 0) is 19.1 Å². The van der Waals surface area contributed by atoms with Crippen molar-refractivity contribution in [3.8, 4) is 0 Å². The molecule has 1 heterocycles. The second-order valence-electron chi connectivity index (χ2n) is 3.60. The van der Waals surface area contributed by atoms with Gasteiger partial charge in [-0.1, -0.05) is 23.3 Å². The molecule has 0 aliphatic rings. The van der Waals surface area contributed by atoms with Crippen LogP contribution in [-0.2, 0) is 6.42 Å². The first-order valence-electron chi connectivity index (χ1n) is 5.70. The average Bonchev–Trinajstić information content (AvgIpc) is 2.81. The highest BCUT2D eigenvalue weighted by Crippen LogP contribution is 2.23. The Bertz CT molecular complexity index is 455. The van der Waals surface area contributed by atoms with Gasteiger partial charge in [-0.15, -0.1) is 5.10 Å². The summed E-state index contributed by atoms with van der Waals surface area (Å²) in [7, 11) is 0. The largest absolute Gasteiger partial charge is 0.408 e. The lowest BCUT2D eigenvalue weighted by Gasteiger charge is -2.17. The third-order valence-electron chi connectivity index (χ3n) is 2.43. The first kappa shape index (κ1) is 11.6. The molecule has 2 N–H and O–H groups in total. The summed E-state index contributed by atoms with van der Waals surface area (Å²) in [6.45, 7) is 3.33. The van der Waals surface area contributed by atoms with E-state index < -0.39 is 0 Å². The Hall–Kier alpha value is -1.88. The molecule has 0 aliphatic heterocycles. The maximum atomic E-state index is 5.56. The fourth-order valence-corrected chi connectivity index (χ4v) is 1.61. The molecule has 5 heteroatoms. The zero-order valence-electron chi connectivity index (χ0n) is 9.84. The number of benzene rings is 1. The first-order valence-corrected chi connectivity index (χ1v) is 5.70. The van der Waals surface area contributed by atoms with Gasteiger partial charge in [-0.25, -0.2) is 0 Å². The molecule has 0 radical (unpaired) electrons. The van der Waals surface area contributed by atoms with E-state index in [1.807, 2.05) is 42.2 Å². The zero-order chi connectivity index (χ0) is 12.1. The van der Waals surface area contributed by atoms with Crippen molar-refractivity contribution >= 4 is 11.7 Å². The van der Waals surface area contributed by atoms with E-state index in [4.69, 9.17) is 10.2 Å². The van der Waals surface area contributed by atoms with Gasteiger partial charge in [-0.3, -0.25) is 4.90 Å². The van der Waals surface area contributed by atoms with Crippen molar-refractivity contribution in [2.75, 3.05) is 18.0 Å². The predicted molar refractivity (Wildman–Crippen MR) is 66.2 cm³/mol. The molecule has 0 bridgehead atoms. The van der Waals surface area contributed by atoms with Crippen molar-refractivity contribution < 1.29 is 4.42 Å². The lowest BCUT2D eigenvalue weighted by atomic mass is 10.3. The molecule has 0 fully saturated rings. The normalized spacial score (nSPS) is 10.5. The summed E-state index contributed by atoms with van der Waals surface area (Å²) in [5.74, 6) is 0.580. The summed E-state index contributed by atoms with van der Waals surface area (Å²) in [4.78, 5) is 1.97. The third-order valence-corrected chi connectivity index (χ3v) is 2.43. The van der Waals surface area contributed by atoms with Crippen molar-refractivity contribution in [3.63, 3.8) is 0 Å². The minimum Gasteiger partial charge on any atom is -0.408 e. The SMILES string of the molecule is CCN(c1ccccc1)c1nnc(CCN)o1. The minimum atomic E-state index is 0.513. The number of aromatic nitrogens is 2. The van der Waals surface area contributed by atoms with Gasteiger partial charge in [0, 0.05) is 25.2 Å². The van der Waals surface area contributed by atoms with Gasteiger partial charge in [0.05, 0.1) is 0 Å². The molecule has 0 spiro atoms. The van der Waals surface area contributed by atoms with E-state index in [-0.39, 0.29) is 0 Å². The van der Waals surface area contributed by atoms with E-state index in [0.717, 1.165) is 12.2 Å². The molecule has 0 saturated carbocycles. The number of hydrogen-bond acceptors (Lipinski definition) is 5. The molecule has 90 valence electrons. The van der Waals surface area contributed by atoms with Crippen LogP contribution in [-0.4, -0.2) is 23.3 Å². The fraction of sp³-hybridized carbons (Fsp3) is 0.333. The number of para-hydroxylation sites is 1. The van der Waals surface area contributed by atoms with Gasteiger partial charge in [0.25, 0.3) is 0 Å². The highest BCUT2D eigenvalue weighted by atomic mass is 16.4. The number of rotatable bonds is 5. The van der Waals surface area contributed by atoms with Crippen LogP contribution in [0.2, 0.25) is 0 Å².